The highest BCUT2D eigenvalue weighted by Gasteiger charge is 2.31. The first-order chi connectivity index (χ1) is 11.7. The molecule has 0 bridgehead atoms. The summed E-state index contributed by atoms with van der Waals surface area (Å²) in [5, 5.41) is 0. The lowest BCUT2D eigenvalue weighted by Gasteiger charge is -2.40. The molecule has 2 saturated heterocycles. The Morgan fingerprint density at radius 1 is 1.25 bits per heavy atom. The van der Waals surface area contributed by atoms with Crippen molar-refractivity contribution in [2.45, 2.75) is 25.4 Å². The van der Waals surface area contributed by atoms with Crippen molar-refractivity contribution in [3.63, 3.8) is 0 Å². The van der Waals surface area contributed by atoms with Gasteiger partial charge < -0.3 is 20.1 Å². The number of nitrogens with zero attached hydrogens (tertiary/aromatic N) is 3. The molecule has 2 aliphatic heterocycles. The SMILES string of the molecule is Cc1ccccc1OC1CN(c2cc([C@@H]3CCOC3)nc(N)n2)C1. The standard InChI is InChI=1S/C18H22N4O2/c1-12-4-2-3-5-16(12)24-14-9-22(10-14)17-8-15(20-18(19)21-17)13-6-7-23-11-13/h2-5,8,13-14H,6-7,9-11H2,1H3,(H2,19,20,21)/t13-/m1/s1. The molecule has 0 aliphatic carbocycles. The quantitative estimate of drug-likeness (QED) is 0.928. The average molecular weight is 326 g/mol. The molecular weight excluding hydrogens is 304 g/mol. The van der Waals surface area contributed by atoms with Crippen LogP contribution < -0.4 is 15.4 Å². The van der Waals surface area contributed by atoms with E-state index in [1.165, 1.54) is 0 Å². The van der Waals surface area contributed by atoms with E-state index in [0.29, 0.717) is 11.9 Å². The number of ether oxygens (including phenoxy) is 2. The summed E-state index contributed by atoms with van der Waals surface area (Å²) < 4.78 is 11.5. The molecule has 6 heteroatoms. The van der Waals surface area contributed by atoms with Crippen molar-refractivity contribution in [2.24, 2.45) is 0 Å². The fraction of sp³-hybridized carbons (Fsp3) is 0.444. The summed E-state index contributed by atoms with van der Waals surface area (Å²) in [5.74, 6) is 2.49. The Morgan fingerprint density at radius 3 is 2.83 bits per heavy atom. The lowest BCUT2D eigenvalue weighted by Crippen LogP contribution is -2.54. The zero-order chi connectivity index (χ0) is 16.5. The highest BCUT2D eigenvalue weighted by Crippen LogP contribution is 2.29. The van der Waals surface area contributed by atoms with Gasteiger partial charge in [0.15, 0.2) is 0 Å². The normalized spacial score (nSPS) is 20.9. The number of aryl methyl sites for hydroxylation is 1. The van der Waals surface area contributed by atoms with Crippen molar-refractivity contribution in [2.75, 3.05) is 36.9 Å². The van der Waals surface area contributed by atoms with Crippen molar-refractivity contribution in [3.8, 4) is 5.75 Å². The molecule has 2 aromatic rings. The van der Waals surface area contributed by atoms with Gasteiger partial charge in [0.1, 0.15) is 17.7 Å². The smallest absolute Gasteiger partial charge is 0.222 e. The molecule has 0 amide bonds. The van der Waals surface area contributed by atoms with E-state index in [2.05, 4.69) is 27.9 Å². The number of nitrogens with two attached hydrogens (primary N) is 1. The van der Waals surface area contributed by atoms with Crippen molar-refractivity contribution >= 4 is 11.8 Å². The zero-order valence-electron chi connectivity index (χ0n) is 13.8. The van der Waals surface area contributed by atoms with E-state index >= 15 is 0 Å². The van der Waals surface area contributed by atoms with Crippen LogP contribution in [0.1, 0.15) is 23.6 Å². The Morgan fingerprint density at radius 2 is 2.08 bits per heavy atom. The summed E-state index contributed by atoms with van der Waals surface area (Å²) in [5.41, 5.74) is 8.04. The molecule has 0 spiro atoms. The molecule has 1 aromatic heterocycles. The number of nitrogen functional groups attached to an aromatic ring is 1. The van der Waals surface area contributed by atoms with Crippen LogP contribution in [0.2, 0.25) is 0 Å². The highest BCUT2D eigenvalue weighted by molar-refractivity contribution is 5.47. The minimum Gasteiger partial charge on any atom is -0.486 e. The Balaban J connectivity index is 1.42. The molecule has 0 saturated carbocycles. The number of hydrogen-bond donors (Lipinski definition) is 1. The van der Waals surface area contributed by atoms with Crippen LogP contribution in [0.4, 0.5) is 11.8 Å². The molecule has 2 aliphatic rings. The second kappa shape index (κ2) is 6.28. The highest BCUT2D eigenvalue weighted by atomic mass is 16.5. The second-order valence-corrected chi connectivity index (χ2v) is 6.48. The molecule has 4 rings (SSSR count). The van der Waals surface area contributed by atoms with E-state index in [0.717, 1.165) is 55.5 Å². The van der Waals surface area contributed by atoms with Gasteiger partial charge in [-0.3, -0.25) is 0 Å². The zero-order valence-corrected chi connectivity index (χ0v) is 13.8. The topological polar surface area (TPSA) is 73.5 Å². The maximum atomic E-state index is 6.06. The van der Waals surface area contributed by atoms with Gasteiger partial charge in [0.05, 0.1) is 25.4 Å². The average Bonchev–Trinajstić information content (AvgIpc) is 3.06. The van der Waals surface area contributed by atoms with Crippen LogP contribution in [-0.4, -0.2) is 42.4 Å². The summed E-state index contributed by atoms with van der Waals surface area (Å²) in [6.45, 7) is 5.19. The fourth-order valence-electron chi connectivity index (χ4n) is 3.18. The predicted molar refractivity (Wildman–Crippen MR) is 92.4 cm³/mol. The second-order valence-electron chi connectivity index (χ2n) is 6.48. The minimum atomic E-state index is 0.181. The number of para-hydroxylation sites is 1. The molecule has 1 atom stereocenters. The molecule has 126 valence electrons. The van der Waals surface area contributed by atoms with Gasteiger partial charge >= 0.3 is 0 Å². The summed E-state index contributed by atoms with van der Waals surface area (Å²) in [4.78, 5) is 10.9. The molecule has 0 unspecified atom stereocenters. The van der Waals surface area contributed by atoms with Gasteiger partial charge in [0, 0.05) is 18.6 Å². The summed E-state index contributed by atoms with van der Waals surface area (Å²) in [6.07, 6.45) is 1.18. The number of aromatic nitrogens is 2. The van der Waals surface area contributed by atoms with Gasteiger partial charge in [-0.15, -0.1) is 0 Å². The Kier molecular flexibility index (Phi) is 3.98. The van der Waals surface area contributed by atoms with Gasteiger partial charge in [0.25, 0.3) is 0 Å². The first-order valence-electron chi connectivity index (χ1n) is 8.38. The number of rotatable bonds is 4. The third kappa shape index (κ3) is 3.01. The van der Waals surface area contributed by atoms with E-state index in [9.17, 15) is 0 Å². The maximum absolute atomic E-state index is 6.06. The summed E-state index contributed by atoms with van der Waals surface area (Å²) in [6, 6.07) is 10.1. The lowest BCUT2D eigenvalue weighted by atomic mass is 10.0. The van der Waals surface area contributed by atoms with Crippen molar-refractivity contribution in [3.05, 3.63) is 41.6 Å². The number of anilines is 2. The third-order valence-electron chi connectivity index (χ3n) is 4.66. The molecule has 2 fully saturated rings. The van der Waals surface area contributed by atoms with Gasteiger partial charge in [0.2, 0.25) is 5.95 Å². The monoisotopic (exact) mass is 326 g/mol. The lowest BCUT2D eigenvalue weighted by molar-refractivity contribution is 0.165. The summed E-state index contributed by atoms with van der Waals surface area (Å²) in [7, 11) is 0. The van der Waals surface area contributed by atoms with Crippen LogP contribution in [-0.2, 0) is 4.74 Å². The first-order valence-corrected chi connectivity index (χ1v) is 8.38. The van der Waals surface area contributed by atoms with Crippen LogP contribution in [0.25, 0.3) is 0 Å². The fourth-order valence-corrected chi connectivity index (χ4v) is 3.18. The van der Waals surface area contributed by atoms with E-state index in [1.54, 1.807) is 0 Å². The van der Waals surface area contributed by atoms with Crippen molar-refractivity contribution in [1.82, 2.24) is 9.97 Å². The maximum Gasteiger partial charge on any atom is 0.222 e. The molecule has 1 aromatic carbocycles. The predicted octanol–water partition coefficient (Wildman–Crippen LogP) is 2.14. The molecule has 24 heavy (non-hydrogen) atoms. The van der Waals surface area contributed by atoms with Crippen LogP contribution >= 0.6 is 0 Å². The Hall–Kier alpha value is -2.34. The molecule has 6 nitrogen and oxygen atoms in total. The van der Waals surface area contributed by atoms with Crippen molar-refractivity contribution < 1.29 is 9.47 Å². The van der Waals surface area contributed by atoms with Gasteiger partial charge in [-0.05, 0) is 25.0 Å². The van der Waals surface area contributed by atoms with Gasteiger partial charge in [-0.1, -0.05) is 18.2 Å². The molecule has 0 radical (unpaired) electrons. The van der Waals surface area contributed by atoms with E-state index in [4.69, 9.17) is 15.2 Å². The van der Waals surface area contributed by atoms with E-state index in [1.807, 2.05) is 24.3 Å². The minimum absolute atomic E-state index is 0.181. The van der Waals surface area contributed by atoms with Gasteiger partial charge in [-0.25, -0.2) is 4.98 Å². The van der Waals surface area contributed by atoms with Crippen LogP contribution in [0.3, 0.4) is 0 Å². The first kappa shape index (κ1) is 15.2. The number of benzene rings is 1. The molecule has 3 heterocycles. The molecular formula is C18H22N4O2. The Labute approximate surface area is 141 Å². The van der Waals surface area contributed by atoms with E-state index in [-0.39, 0.29) is 6.10 Å². The van der Waals surface area contributed by atoms with Crippen molar-refractivity contribution in [1.29, 1.82) is 0 Å². The van der Waals surface area contributed by atoms with Crippen LogP contribution in [0.15, 0.2) is 30.3 Å². The van der Waals surface area contributed by atoms with Gasteiger partial charge in [-0.2, -0.15) is 4.98 Å². The molecule has 2 N–H and O–H groups in total. The Bertz CT molecular complexity index is 725. The van der Waals surface area contributed by atoms with E-state index < -0.39 is 0 Å². The summed E-state index contributed by atoms with van der Waals surface area (Å²) >= 11 is 0. The third-order valence-corrected chi connectivity index (χ3v) is 4.66. The van der Waals surface area contributed by atoms with Crippen LogP contribution in [0.5, 0.6) is 5.75 Å². The number of hydrogen-bond acceptors (Lipinski definition) is 6. The largest absolute Gasteiger partial charge is 0.486 e. The van der Waals surface area contributed by atoms with Crippen LogP contribution in [0, 0.1) is 6.92 Å².